The maximum absolute atomic E-state index is 12.1. The van der Waals surface area contributed by atoms with E-state index in [0.29, 0.717) is 52.8 Å². The molecule has 25 heavy (non-hydrogen) atoms. The molecule has 0 atom stereocenters. The Labute approximate surface area is 154 Å². The van der Waals surface area contributed by atoms with E-state index in [0.717, 1.165) is 24.7 Å². The zero-order valence-corrected chi connectivity index (χ0v) is 16.3. The molecule has 1 aliphatic carbocycles. The summed E-state index contributed by atoms with van der Waals surface area (Å²) in [6, 6.07) is 0. The Hall–Kier alpha value is -0.690. The lowest BCUT2D eigenvalue weighted by Crippen LogP contribution is -2.35. The molecule has 6 nitrogen and oxygen atoms in total. The summed E-state index contributed by atoms with van der Waals surface area (Å²) in [4.78, 5) is 12.1. The van der Waals surface area contributed by atoms with E-state index in [4.69, 9.17) is 18.9 Å². The van der Waals surface area contributed by atoms with Crippen molar-refractivity contribution in [3.63, 3.8) is 0 Å². The first kappa shape index (κ1) is 22.4. The normalized spacial score (nSPS) is 20.8. The van der Waals surface area contributed by atoms with Crippen molar-refractivity contribution in [2.45, 2.75) is 39.5 Å². The van der Waals surface area contributed by atoms with E-state index in [9.17, 15) is 4.79 Å². The summed E-state index contributed by atoms with van der Waals surface area (Å²) >= 11 is 0. The van der Waals surface area contributed by atoms with Crippen LogP contribution in [0.2, 0.25) is 0 Å². The molecule has 1 aliphatic rings. The summed E-state index contributed by atoms with van der Waals surface area (Å²) in [5.41, 5.74) is 0. The third kappa shape index (κ3) is 10.8. The lowest BCUT2D eigenvalue weighted by molar-refractivity contribution is -0.126. The first-order valence-corrected chi connectivity index (χ1v) is 9.65. The fraction of sp³-hybridized carbons (Fsp3) is 0.947. The maximum atomic E-state index is 12.1. The summed E-state index contributed by atoms with van der Waals surface area (Å²) < 4.78 is 21.0. The maximum Gasteiger partial charge on any atom is 0.223 e. The molecule has 6 heteroatoms. The molecule has 0 radical (unpaired) electrons. The van der Waals surface area contributed by atoms with E-state index in [-0.39, 0.29) is 13.3 Å². The number of rotatable bonds is 14. The van der Waals surface area contributed by atoms with Crippen molar-refractivity contribution in [2.24, 2.45) is 17.8 Å². The van der Waals surface area contributed by atoms with Gasteiger partial charge in [0.2, 0.25) is 5.91 Å². The van der Waals surface area contributed by atoms with E-state index in [1.165, 1.54) is 12.8 Å². The first-order valence-electron chi connectivity index (χ1n) is 9.65. The number of ether oxygens (including phenoxy) is 4. The molecule has 0 spiro atoms. The molecule has 0 heterocycles. The monoisotopic (exact) mass is 361 g/mol. The van der Waals surface area contributed by atoms with Crippen molar-refractivity contribution in [1.82, 2.24) is 5.32 Å². The molecule has 1 saturated carbocycles. The molecule has 1 rings (SSSR count). The summed E-state index contributed by atoms with van der Waals surface area (Å²) in [5, 5.41) is 2.99. The van der Waals surface area contributed by atoms with Gasteiger partial charge in [-0.3, -0.25) is 4.79 Å². The summed E-state index contributed by atoms with van der Waals surface area (Å²) in [5.74, 6) is 1.90. The van der Waals surface area contributed by atoms with Crippen LogP contribution in [0.3, 0.4) is 0 Å². The van der Waals surface area contributed by atoms with Crippen molar-refractivity contribution in [2.75, 3.05) is 59.9 Å². The Morgan fingerprint density at radius 1 is 0.920 bits per heavy atom. The molecule has 0 aliphatic heterocycles. The van der Waals surface area contributed by atoms with Gasteiger partial charge in [-0.1, -0.05) is 13.8 Å². The zero-order chi connectivity index (χ0) is 18.3. The molecular formula is C19H39NO5. The Morgan fingerprint density at radius 3 is 1.96 bits per heavy atom. The van der Waals surface area contributed by atoms with Gasteiger partial charge in [0.05, 0.1) is 46.2 Å². The molecule has 0 saturated heterocycles. The number of hydrogen-bond acceptors (Lipinski definition) is 5. The van der Waals surface area contributed by atoms with Gasteiger partial charge in [-0.15, -0.1) is 0 Å². The van der Waals surface area contributed by atoms with Gasteiger partial charge in [0.25, 0.3) is 0 Å². The van der Waals surface area contributed by atoms with Gasteiger partial charge in [0.15, 0.2) is 0 Å². The number of carbonyl (C=O) groups is 1. The zero-order valence-electron chi connectivity index (χ0n) is 16.3. The fourth-order valence-corrected chi connectivity index (χ4v) is 3.12. The number of carbonyl (C=O) groups excluding carboxylic acids is 1. The van der Waals surface area contributed by atoms with Crippen molar-refractivity contribution in [1.29, 1.82) is 0 Å². The molecule has 150 valence electrons. The Balaban J connectivity index is 0.00000625. The Morgan fingerprint density at radius 2 is 1.44 bits per heavy atom. The van der Waals surface area contributed by atoms with E-state index < -0.39 is 0 Å². The Kier molecular flexibility index (Phi) is 12.9. The molecule has 0 unspecified atom stereocenters. The second kappa shape index (κ2) is 14.5. The highest BCUT2D eigenvalue weighted by Crippen LogP contribution is 2.33. The molecule has 0 aromatic heterocycles. The van der Waals surface area contributed by atoms with Crippen LogP contribution in [0.5, 0.6) is 0 Å². The van der Waals surface area contributed by atoms with Gasteiger partial charge in [-0.25, -0.2) is 0 Å². The van der Waals surface area contributed by atoms with Gasteiger partial charge < -0.3 is 24.3 Å². The lowest BCUT2D eigenvalue weighted by Gasteiger charge is -2.30. The summed E-state index contributed by atoms with van der Waals surface area (Å²) in [6.45, 7) is 9.06. The predicted octanol–water partition coefficient (Wildman–Crippen LogP) is 2.51. The molecule has 1 N–H and O–H groups in total. The summed E-state index contributed by atoms with van der Waals surface area (Å²) in [6.07, 6.45) is 4.41. The van der Waals surface area contributed by atoms with E-state index in [2.05, 4.69) is 19.2 Å². The summed E-state index contributed by atoms with van der Waals surface area (Å²) in [7, 11) is 1.65. The van der Waals surface area contributed by atoms with Crippen LogP contribution in [0.15, 0.2) is 0 Å². The van der Waals surface area contributed by atoms with Crippen LogP contribution < -0.4 is 5.32 Å². The van der Waals surface area contributed by atoms with Crippen molar-refractivity contribution >= 4 is 5.91 Å². The van der Waals surface area contributed by atoms with Crippen molar-refractivity contribution in [3.8, 4) is 0 Å². The minimum atomic E-state index is 0. The topological polar surface area (TPSA) is 66.0 Å². The SMILES string of the molecule is COCCOCCOCCOCCNC(=O)C1CCC(C(C)C)CC1.[HH]. The van der Waals surface area contributed by atoms with Gasteiger partial charge in [-0.05, 0) is 37.5 Å². The second-order valence-corrected chi connectivity index (χ2v) is 6.98. The third-order valence-corrected chi connectivity index (χ3v) is 4.81. The highest BCUT2D eigenvalue weighted by atomic mass is 16.6. The van der Waals surface area contributed by atoms with Gasteiger partial charge in [-0.2, -0.15) is 0 Å². The number of methoxy groups -OCH3 is 1. The number of hydrogen-bond donors (Lipinski definition) is 1. The van der Waals surface area contributed by atoms with Gasteiger partial charge >= 0.3 is 0 Å². The minimum absolute atomic E-state index is 0. The molecular weight excluding hydrogens is 322 g/mol. The predicted molar refractivity (Wildman–Crippen MR) is 99.7 cm³/mol. The highest BCUT2D eigenvalue weighted by molar-refractivity contribution is 5.78. The van der Waals surface area contributed by atoms with Gasteiger partial charge in [0.1, 0.15) is 0 Å². The standard InChI is InChI=1S/C19H37NO5.H2/c1-16(2)17-4-6-18(7-5-17)19(21)20-8-9-23-12-13-25-15-14-24-11-10-22-3;/h16-18H,4-15H2,1-3H3,(H,20,21);1H. The third-order valence-electron chi connectivity index (χ3n) is 4.81. The second-order valence-electron chi connectivity index (χ2n) is 6.98. The first-order chi connectivity index (χ1) is 12.1. The van der Waals surface area contributed by atoms with Crippen LogP contribution >= 0.6 is 0 Å². The van der Waals surface area contributed by atoms with Crippen LogP contribution in [-0.4, -0.2) is 65.8 Å². The van der Waals surface area contributed by atoms with Gasteiger partial charge in [0, 0.05) is 21.0 Å². The van der Waals surface area contributed by atoms with Crippen LogP contribution in [-0.2, 0) is 23.7 Å². The lowest BCUT2D eigenvalue weighted by atomic mass is 9.77. The molecule has 0 bridgehead atoms. The van der Waals surface area contributed by atoms with Crippen LogP contribution in [0.25, 0.3) is 0 Å². The molecule has 1 fully saturated rings. The van der Waals surface area contributed by atoms with Crippen LogP contribution in [0.1, 0.15) is 41.0 Å². The smallest absolute Gasteiger partial charge is 0.223 e. The van der Waals surface area contributed by atoms with E-state index in [1.54, 1.807) is 7.11 Å². The number of nitrogens with one attached hydrogen (secondary N) is 1. The van der Waals surface area contributed by atoms with Crippen molar-refractivity contribution in [3.05, 3.63) is 0 Å². The average Bonchev–Trinajstić information content (AvgIpc) is 2.62. The quantitative estimate of drug-likeness (QED) is 0.482. The van der Waals surface area contributed by atoms with E-state index >= 15 is 0 Å². The Bertz CT molecular complexity index is 336. The van der Waals surface area contributed by atoms with Crippen LogP contribution in [0.4, 0.5) is 0 Å². The molecule has 0 aromatic rings. The fourth-order valence-electron chi connectivity index (χ4n) is 3.12. The highest BCUT2D eigenvalue weighted by Gasteiger charge is 2.27. The van der Waals surface area contributed by atoms with E-state index in [1.807, 2.05) is 0 Å². The van der Waals surface area contributed by atoms with Crippen LogP contribution in [0, 0.1) is 17.8 Å². The molecule has 1 amide bonds. The minimum Gasteiger partial charge on any atom is -0.382 e. The molecule has 0 aromatic carbocycles. The largest absolute Gasteiger partial charge is 0.382 e. The average molecular weight is 362 g/mol. The number of amides is 1. The van der Waals surface area contributed by atoms with Crippen molar-refractivity contribution < 1.29 is 25.2 Å².